The molecule has 0 spiro atoms. The van der Waals surface area contributed by atoms with E-state index in [2.05, 4.69) is 17.8 Å². The third-order valence-electron chi connectivity index (χ3n) is 6.17. The van der Waals surface area contributed by atoms with E-state index in [0.29, 0.717) is 12.0 Å². The van der Waals surface area contributed by atoms with Crippen LogP contribution in [0.2, 0.25) is 0 Å². The Labute approximate surface area is 115 Å². The summed E-state index contributed by atoms with van der Waals surface area (Å²) in [5.74, 6) is 0.750. The van der Waals surface area contributed by atoms with E-state index in [1.54, 1.807) is 0 Å². The van der Waals surface area contributed by atoms with Crippen molar-refractivity contribution in [2.75, 3.05) is 6.61 Å². The Kier molecular flexibility index (Phi) is 2.42. The summed E-state index contributed by atoms with van der Waals surface area (Å²) < 4.78 is 2.16. The quantitative estimate of drug-likeness (QED) is 0.907. The van der Waals surface area contributed by atoms with E-state index in [9.17, 15) is 5.11 Å². The van der Waals surface area contributed by atoms with Gasteiger partial charge in [-0.1, -0.05) is 0 Å². The summed E-state index contributed by atoms with van der Waals surface area (Å²) in [6.45, 7) is 0.391. The molecule has 0 aromatic carbocycles. The number of aromatic nitrogens is 2. The molecule has 1 aromatic rings. The van der Waals surface area contributed by atoms with Gasteiger partial charge >= 0.3 is 0 Å². The van der Waals surface area contributed by atoms with Gasteiger partial charge in [0.1, 0.15) is 0 Å². The number of nitrogens with zero attached hydrogens (tertiary/aromatic N) is 2. The summed E-state index contributed by atoms with van der Waals surface area (Å²) in [4.78, 5) is 0. The van der Waals surface area contributed by atoms with E-state index in [1.165, 1.54) is 62.8 Å². The number of aryl methyl sites for hydroxylation is 1. The Balaban J connectivity index is 1.65. The summed E-state index contributed by atoms with van der Waals surface area (Å²) in [6.07, 6.45) is 10.0. The van der Waals surface area contributed by atoms with Gasteiger partial charge in [-0.3, -0.25) is 4.68 Å². The highest BCUT2D eigenvalue weighted by atomic mass is 16.3. The lowest BCUT2D eigenvalue weighted by Crippen LogP contribution is -2.46. The van der Waals surface area contributed by atoms with Gasteiger partial charge in [-0.05, 0) is 62.8 Å². The number of rotatable bonds is 3. The van der Waals surface area contributed by atoms with E-state index in [1.807, 2.05) is 0 Å². The third kappa shape index (κ3) is 1.70. The van der Waals surface area contributed by atoms with E-state index in [4.69, 9.17) is 5.10 Å². The Hall–Kier alpha value is -0.830. The molecule has 0 saturated heterocycles. The van der Waals surface area contributed by atoms with Crippen molar-refractivity contribution in [3.05, 3.63) is 17.5 Å². The van der Waals surface area contributed by atoms with Gasteiger partial charge in [0.05, 0.1) is 5.69 Å². The molecule has 0 amide bonds. The molecule has 4 fully saturated rings. The number of aliphatic hydroxyl groups excluding tert-OH is 1. The molecule has 5 rings (SSSR count). The highest BCUT2D eigenvalue weighted by Crippen LogP contribution is 2.57. The lowest BCUT2D eigenvalue weighted by atomic mass is 9.53. The van der Waals surface area contributed by atoms with Crippen LogP contribution in [0, 0.1) is 5.41 Å². The van der Waals surface area contributed by atoms with E-state index in [-0.39, 0.29) is 5.41 Å². The second-order valence-electron chi connectivity index (χ2n) is 7.29. The van der Waals surface area contributed by atoms with Crippen LogP contribution < -0.4 is 0 Å². The van der Waals surface area contributed by atoms with Crippen molar-refractivity contribution < 1.29 is 5.11 Å². The zero-order valence-corrected chi connectivity index (χ0v) is 11.9. The number of fused-ring (bicyclic) bond motifs is 3. The fourth-order valence-electron chi connectivity index (χ4n) is 4.45. The van der Waals surface area contributed by atoms with Gasteiger partial charge < -0.3 is 5.11 Å². The molecule has 104 valence electrons. The molecule has 0 unspecified atom stereocenters. The standard InChI is InChI=1S/C16H24N2O/c1-18-14(10-13(17-18)12-2-3-12)16-7-4-15(11-19,5-8-16)6-9-16/h10,12,19H,2-9,11H2,1H3. The maximum Gasteiger partial charge on any atom is 0.0658 e. The number of hydrogen-bond donors (Lipinski definition) is 1. The van der Waals surface area contributed by atoms with Gasteiger partial charge in [0.15, 0.2) is 0 Å². The first-order valence-corrected chi connectivity index (χ1v) is 7.82. The fourth-order valence-corrected chi connectivity index (χ4v) is 4.45. The van der Waals surface area contributed by atoms with Crippen molar-refractivity contribution in [3.63, 3.8) is 0 Å². The van der Waals surface area contributed by atoms with Gasteiger partial charge in [-0.2, -0.15) is 5.10 Å². The summed E-state index contributed by atoms with van der Waals surface area (Å²) in [5, 5.41) is 14.4. The lowest BCUT2D eigenvalue weighted by molar-refractivity contribution is -0.00945. The Morgan fingerprint density at radius 2 is 1.84 bits per heavy atom. The Morgan fingerprint density at radius 1 is 1.21 bits per heavy atom. The van der Waals surface area contributed by atoms with Crippen LogP contribution in [0.1, 0.15) is 68.7 Å². The molecule has 4 saturated carbocycles. The molecule has 1 N–H and O–H groups in total. The summed E-state index contributed by atoms with van der Waals surface area (Å²) in [6, 6.07) is 2.40. The molecule has 0 atom stereocenters. The molecule has 4 aliphatic rings. The van der Waals surface area contributed by atoms with Gasteiger partial charge in [0.25, 0.3) is 0 Å². The predicted molar refractivity (Wildman–Crippen MR) is 74.1 cm³/mol. The Bertz CT molecular complexity index is 476. The van der Waals surface area contributed by atoms with Crippen molar-refractivity contribution in [2.24, 2.45) is 12.5 Å². The van der Waals surface area contributed by atoms with E-state index in [0.717, 1.165) is 5.92 Å². The molecular formula is C16H24N2O. The van der Waals surface area contributed by atoms with Crippen LogP contribution in [0.5, 0.6) is 0 Å². The third-order valence-corrected chi connectivity index (χ3v) is 6.17. The molecule has 3 nitrogen and oxygen atoms in total. The fraction of sp³-hybridized carbons (Fsp3) is 0.812. The average Bonchev–Trinajstić information content (AvgIpc) is 3.24. The molecule has 1 heterocycles. The van der Waals surface area contributed by atoms with Crippen LogP contribution in [-0.4, -0.2) is 21.5 Å². The van der Waals surface area contributed by atoms with Gasteiger partial charge in [-0.25, -0.2) is 0 Å². The summed E-state index contributed by atoms with van der Waals surface area (Å²) in [5.41, 5.74) is 3.43. The highest BCUT2D eigenvalue weighted by Gasteiger charge is 2.50. The largest absolute Gasteiger partial charge is 0.396 e. The molecule has 19 heavy (non-hydrogen) atoms. The summed E-state index contributed by atoms with van der Waals surface area (Å²) in [7, 11) is 2.12. The van der Waals surface area contributed by atoms with Crippen molar-refractivity contribution >= 4 is 0 Å². The second-order valence-corrected chi connectivity index (χ2v) is 7.29. The van der Waals surface area contributed by atoms with Crippen LogP contribution in [0.4, 0.5) is 0 Å². The monoisotopic (exact) mass is 260 g/mol. The zero-order valence-electron chi connectivity index (χ0n) is 11.9. The van der Waals surface area contributed by atoms with E-state index >= 15 is 0 Å². The Morgan fingerprint density at radius 3 is 2.37 bits per heavy atom. The van der Waals surface area contributed by atoms with Crippen molar-refractivity contribution in [1.82, 2.24) is 9.78 Å². The average molecular weight is 260 g/mol. The van der Waals surface area contributed by atoms with E-state index < -0.39 is 0 Å². The van der Waals surface area contributed by atoms with Crippen LogP contribution in [0.3, 0.4) is 0 Å². The van der Waals surface area contributed by atoms with Gasteiger partial charge in [0, 0.05) is 30.7 Å². The minimum atomic E-state index is 0.264. The maximum absolute atomic E-state index is 9.64. The summed E-state index contributed by atoms with van der Waals surface area (Å²) >= 11 is 0. The normalized spacial score (nSPS) is 37.8. The van der Waals surface area contributed by atoms with Crippen LogP contribution in [-0.2, 0) is 12.5 Å². The molecule has 0 aliphatic heterocycles. The number of aliphatic hydroxyl groups is 1. The first kappa shape index (κ1) is 12.0. The second kappa shape index (κ2) is 3.85. The zero-order chi connectivity index (χ0) is 13.1. The highest BCUT2D eigenvalue weighted by molar-refractivity contribution is 5.27. The molecular weight excluding hydrogens is 236 g/mol. The molecule has 4 aliphatic carbocycles. The topological polar surface area (TPSA) is 38.0 Å². The minimum Gasteiger partial charge on any atom is -0.396 e. The van der Waals surface area contributed by atoms with Crippen molar-refractivity contribution in [2.45, 2.75) is 62.7 Å². The van der Waals surface area contributed by atoms with Crippen LogP contribution in [0.15, 0.2) is 6.07 Å². The molecule has 2 bridgehead atoms. The molecule has 1 aromatic heterocycles. The first-order chi connectivity index (χ1) is 9.16. The SMILES string of the molecule is Cn1nc(C2CC2)cc1C12CCC(CO)(CC1)CC2. The molecule has 3 heteroatoms. The van der Waals surface area contributed by atoms with Crippen molar-refractivity contribution in [3.8, 4) is 0 Å². The van der Waals surface area contributed by atoms with Crippen molar-refractivity contribution in [1.29, 1.82) is 0 Å². The van der Waals surface area contributed by atoms with Crippen LogP contribution >= 0.6 is 0 Å². The van der Waals surface area contributed by atoms with Crippen LogP contribution in [0.25, 0.3) is 0 Å². The van der Waals surface area contributed by atoms with Gasteiger partial charge in [-0.15, -0.1) is 0 Å². The lowest BCUT2D eigenvalue weighted by Gasteiger charge is -2.52. The minimum absolute atomic E-state index is 0.264. The number of hydrogen-bond acceptors (Lipinski definition) is 2. The first-order valence-electron chi connectivity index (χ1n) is 7.82. The maximum atomic E-state index is 9.64. The predicted octanol–water partition coefficient (Wildman–Crippen LogP) is 2.88. The van der Waals surface area contributed by atoms with Gasteiger partial charge in [0.2, 0.25) is 0 Å². The smallest absolute Gasteiger partial charge is 0.0658 e. The molecule has 0 radical (unpaired) electrons.